The van der Waals surface area contributed by atoms with Crippen LogP contribution in [0.4, 0.5) is 0 Å². The van der Waals surface area contributed by atoms with Gasteiger partial charge in [-0.15, -0.1) is 34.7 Å². The molecular formula is C12H10Cl2S2. The average molecular weight is 289 g/mol. The van der Waals surface area contributed by atoms with Gasteiger partial charge in [0, 0.05) is 9.77 Å². The van der Waals surface area contributed by atoms with Crippen LogP contribution in [0.25, 0.3) is 0 Å². The molecule has 16 heavy (non-hydrogen) atoms. The van der Waals surface area contributed by atoms with Crippen molar-refractivity contribution in [2.75, 3.05) is 6.26 Å². The molecule has 0 nitrogen and oxygen atoms in total. The van der Waals surface area contributed by atoms with Crippen molar-refractivity contribution in [3.63, 3.8) is 0 Å². The van der Waals surface area contributed by atoms with Gasteiger partial charge < -0.3 is 0 Å². The predicted molar refractivity (Wildman–Crippen MR) is 75.2 cm³/mol. The summed E-state index contributed by atoms with van der Waals surface area (Å²) in [5.74, 6) is 0. The maximum absolute atomic E-state index is 6.47. The molecule has 2 aromatic rings. The molecule has 84 valence electrons. The Morgan fingerprint density at radius 3 is 2.56 bits per heavy atom. The number of benzene rings is 1. The van der Waals surface area contributed by atoms with E-state index < -0.39 is 0 Å². The van der Waals surface area contributed by atoms with Crippen molar-refractivity contribution in [3.8, 4) is 0 Å². The Bertz CT molecular complexity index is 479. The topological polar surface area (TPSA) is 0 Å². The fourth-order valence-corrected chi connectivity index (χ4v) is 3.65. The van der Waals surface area contributed by atoms with Gasteiger partial charge in [0.05, 0.1) is 9.71 Å². The highest BCUT2D eigenvalue weighted by Gasteiger charge is 2.15. The zero-order valence-electron chi connectivity index (χ0n) is 8.61. The number of hydrogen-bond acceptors (Lipinski definition) is 2. The average Bonchev–Trinajstić information content (AvgIpc) is 2.75. The normalized spacial score (nSPS) is 12.7. The maximum Gasteiger partial charge on any atom is 0.0939 e. The van der Waals surface area contributed by atoms with Crippen LogP contribution in [0.15, 0.2) is 41.3 Å². The van der Waals surface area contributed by atoms with E-state index >= 15 is 0 Å². The zero-order valence-corrected chi connectivity index (χ0v) is 11.8. The fourth-order valence-electron chi connectivity index (χ4n) is 1.49. The van der Waals surface area contributed by atoms with Gasteiger partial charge in [-0.3, -0.25) is 0 Å². The van der Waals surface area contributed by atoms with Crippen molar-refractivity contribution in [2.24, 2.45) is 0 Å². The molecule has 0 aliphatic heterocycles. The summed E-state index contributed by atoms with van der Waals surface area (Å²) in [5.41, 5.74) is 1.15. The Labute approximate surface area is 114 Å². The standard InChI is InChI=1S/C12H10Cl2S2/c1-15-9-5-3-2-4-8(9)12(14)10-6-7-11(13)16-10/h2-7,12H,1H3. The third kappa shape index (κ3) is 2.57. The van der Waals surface area contributed by atoms with E-state index in [4.69, 9.17) is 23.2 Å². The van der Waals surface area contributed by atoms with Crippen LogP contribution in [-0.2, 0) is 0 Å². The van der Waals surface area contributed by atoms with Gasteiger partial charge in [0.1, 0.15) is 0 Å². The first-order valence-corrected chi connectivity index (χ1v) is 7.60. The molecule has 0 fully saturated rings. The quantitative estimate of drug-likeness (QED) is 0.534. The van der Waals surface area contributed by atoms with Crippen LogP contribution >= 0.6 is 46.3 Å². The van der Waals surface area contributed by atoms with E-state index in [1.165, 1.54) is 16.2 Å². The molecule has 1 unspecified atom stereocenters. The molecule has 0 aliphatic carbocycles. The zero-order chi connectivity index (χ0) is 11.5. The molecule has 1 heterocycles. The molecule has 0 aliphatic rings. The molecule has 4 heteroatoms. The molecule has 0 radical (unpaired) electrons. The number of rotatable bonds is 3. The van der Waals surface area contributed by atoms with Gasteiger partial charge in [0.2, 0.25) is 0 Å². The Hall–Kier alpha value is -0.150. The van der Waals surface area contributed by atoms with Crippen molar-refractivity contribution >= 4 is 46.3 Å². The van der Waals surface area contributed by atoms with E-state index in [1.54, 1.807) is 11.8 Å². The summed E-state index contributed by atoms with van der Waals surface area (Å²) in [6, 6.07) is 12.1. The number of thioether (sulfide) groups is 1. The van der Waals surface area contributed by atoms with Crippen LogP contribution in [0.5, 0.6) is 0 Å². The van der Waals surface area contributed by atoms with E-state index in [9.17, 15) is 0 Å². The minimum Gasteiger partial charge on any atom is -0.129 e. The van der Waals surface area contributed by atoms with Crippen molar-refractivity contribution in [1.82, 2.24) is 0 Å². The highest BCUT2D eigenvalue weighted by Crippen LogP contribution is 2.38. The number of alkyl halides is 1. The Balaban J connectivity index is 2.36. The van der Waals surface area contributed by atoms with Crippen LogP contribution in [0.3, 0.4) is 0 Å². The maximum atomic E-state index is 6.47. The molecule has 0 spiro atoms. The van der Waals surface area contributed by atoms with Crippen LogP contribution < -0.4 is 0 Å². The van der Waals surface area contributed by atoms with Crippen molar-refractivity contribution in [2.45, 2.75) is 10.3 Å². The Morgan fingerprint density at radius 2 is 1.94 bits per heavy atom. The Morgan fingerprint density at radius 1 is 1.19 bits per heavy atom. The van der Waals surface area contributed by atoms with Crippen molar-refractivity contribution in [3.05, 3.63) is 51.2 Å². The van der Waals surface area contributed by atoms with Gasteiger partial charge in [0.25, 0.3) is 0 Å². The minimum atomic E-state index is -0.110. The molecule has 0 bridgehead atoms. The summed E-state index contributed by atoms with van der Waals surface area (Å²) in [4.78, 5) is 2.31. The molecule has 1 aromatic carbocycles. The number of thiophene rings is 1. The monoisotopic (exact) mass is 288 g/mol. The van der Waals surface area contributed by atoms with E-state index in [-0.39, 0.29) is 5.38 Å². The summed E-state index contributed by atoms with van der Waals surface area (Å²) in [6.07, 6.45) is 2.06. The first kappa shape index (κ1) is 12.3. The highest BCUT2D eigenvalue weighted by molar-refractivity contribution is 7.98. The lowest BCUT2D eigenvalue weighted by Gasteiger charge is -2.11. The van der Waals surface area contributed by atoms with Crippen LogP contribution in [0.1, 0.15) is 15.8 Å². The molecule has 1 atom stereocenters. The second kappa shape index (κ2) is 5.46. The molecule has 1 aromatic heterocycles. The van der Waals surface area contributed by atoms with E-state index in [0.29, 0.717) is 0 Å². The lowest BCUT2D eigenvalue weighted by atomic mass is 10.1. The lowest BCUT2D eigenvalue weighted by molar-refractivity contribution is 1.12. The van der Waals surface area contributed by atoms with Crippen molar-refractivity contribution in [1.29, 1.82) is 0 Å². The van der Waals surface area contributed by atoms with Crippen LogP contribution in [0.2, 0.25) is 4.34 Å². The first-order chi connectivity index (χ1) is 7.72. The van der Waals surface area contributed by atoms with E-state index in [0.717, 1.165) is 14.8 Å². The SMILES string of the molecule is CSc1ccccc1C(Cl)c1ccc(Cl)s1. The summed E-state index contributed by atoms with van der Waals surface area (Å²) < 4.78 is 0.780. The van der Waals surface area contributed by atoms with Gasteiger partial charge in [-0.05, 0) is 30.0 Å². The Kier molecular flexibility index (Phi) is 4.20. The predicted octanol–water partition coefficient (Wildman–Crippen LogP) is 5.45. The smallest absolute Gasteiger partial charge is 0.0939 e. The fraction of sp³-hybridized carbons (Fsp3) is 0.167. The highest BCUT2D eigenvalue weighted by atomic mass is 35.5. The summed E-state index contributed by atoms with van der Waals surface area (Å²) in [7, 11) is 0. The molecule has 0 N–H and O–H groups in total. The summed E-state index contributed by atoms with van der Waals surface area (Å²) in [5, 5.41) is -0.110. The van der Waals surface area contributed by atoms with Crippen LogP contribution in [0, 0.1) is 0 Å². The van der Waals surface area contributed by atoms with Crippen molar-refractivity contribution < 1.29 is 0 Å². The van der Waals surface area contributed by atoms with Gasteiger partial charge in [-0.25, -0.2) is 0 Å². The molecule has 2 rings (SSSR count). The largest absolute Gasteiger partial charge is 0.129 e. The minimum absolute atomic E-state index is 0.110. The van der Waals surface area contributed by atoms with Gasteiger partial charge in [0.15, 0.2) is 0 Å². The third-order valence-corrected chi connectivity index (χ3v) is 4.96. The summed E-state index contributed by atoms with van der Waals surface area (Å²) >= 11 is 15.6. The lowest BCUT2D eigenvalue weighted by Crippen LogP contribution is -1.92. The van der Waals surface area contributed by atoms with Gasteiger partial charge >= 0.3 is 0 Å². The van der Waals surface area contributed by atoms with E-state index in [1.807, 2.05) is 24.3 Å². The first-order valence-electron chi connectivity index (χ1n) is 4.74. The second-order valence-corrected chi connectivity index (χ2v) is 6.28. The summed E-state index contributed by atoms with van der Waals surface area (Å²) in [6.45, 7) is 0. The number of hydrogen-bond donors (Lipinski definition) is 0. The van der Waals surface area contributed by atoms with Gasteiger partial charge in [-0.1, -0.05) is 29.8 Å². The molecule has 0 amide bonds. The molecular weight excluding hydrogens is 279 g/mol. The third-order valence-electron chi connectivity index (χ3n) is 2.26. The molecule has 0 saturated carbocycles. The second-order valence-electron chi connectivity index (χ2n) is 3.25. The number of halogens is 2. The van der Waals surface area contributed by atoms with Gasteiger partial charge in [-0.2, -0.15) is 0 Å². The van der Waals surface area contributed by atoms with Crippen LogP contribution in [-0.4, -0.2) is 6.26 Å². The van der Waals surface area contributed by atoms with E-state index in [2.05, 4.69) is 18.4 Å². The molecule has 0 saturated heterocycles.